The quantitative estimate of drug-likeness (QED) is 0.707. The van der Waals surface area contributed by atoms with Crippen molar-refractivity contribution in [1.29, 1.82) is 0 Å². The van der Waals surface area contributed by atoms with Crippen LogP contribution in [0.4, 0.5) is 0 Å². The molecule has 0 saturated heterocycles. The monoisotopic (exact) mass is 184 g/mol. The second-order valence-corrected chi connectivity index (χ2v) is 2.30. The normalized spacial score (nSPS) is 9.75. The summed E-state index contributed by atoms with van der Waals surface area (Å²) in [6.45, 7) is 0.545. The van der Waals surface area contributed by atoms with Crippen molar-refractivity contribution in [1.82, 2.24) is 14.6 Å². The SMILES string of the molecule is Cl.NCc1ccn2ncnc2c1. The summed E-state index contributed by atoms with van der Waals surface area (Å²) in [6.07, 6.45) is 3.38. The Bertz CT molecular complexity index is 370. The van der Waals surface area contributed by atoms with Crippen LogP contribution in [0.1, 0.15) is 5.56 Å². The van der Waals surface area contributed by atoms with Gasteiger partial charge < -0.3 is 5.73 Å². The fourth-order valence-electron chi connectivity index (χ4n) is 0.984. The van der Waals surface area contributed by atoms with Crippen molar-refractivity contribution in [3.8, 4) is 0 Å². The molecule has 0 unspecified atom stereocenters. The molecule has 0 saturated carbocycles. The molecule has 2 aromatic heterocycles. The Balaban J connectivity index is 0.000000720. The van der Waals surface area contributed by atoms with Crippen LogP contribution in [-0.4, -0.2) is 14.6 Å². The maximum Gasteiger partial charge on any atom is 0.155 e. The van der Waals surface area contributed by atoms with E-state index >= 15 is 0 Å². The van der Waals surface area contributed by atoms with Gasteiger partial charge in [0.25, 0.3) is 0 Å². The molecule has 5 heteroatoms. The van der Waals surface area contributed by atoms with E-state index in [-0.39, 0.29) is 12.4 Å². The molecule has 0 fully saturated rings. The lowest BCUT2D eigenvalue weighted by Crippen LogP contribution is -1.97. The molecule has 2 aromatic rings. The van der Waals surface area contributed by atoms with Gasteiger partial charge in [-0.3, -0.25) is 0 Å². The van der Waals surface area contributed by atoms with Gasteiger partial charge in [0, 0.05) is 12.7 Å². The van der Waals surface area contributed by atoms with E-state index in [1.807, 2.05) is 18.3 Å². The van der Waals surface area contributed by atoms with Gasteiger partial charge in [0.05, 0.1) is 0 Å². The molecule has 4 nitrogen and oxygen atoms in total. The van der Waals surface area contributed by atoms with Gasteiger partial charge in [-0.2, -0.15) is 5.10 Å². The summed E-state index contributed by atoms with van der Waals surface area (Å²) in [5.41, 5.74) is 7.37. The van der Waals surface area contributed by atoms with E-state index in [1.54, 1.807) is 4.52 Å². The number of aromatic nitrogens is 3. The molecule has 0 amide bonds. The number of hydrogen-bond acceptors (Lipinski definition) is 3. The van der Waals surface area contributed by atoms with Crippen LogP contribution >= 0.6 is 12.4 Å². The average molecular weight is 185 g/mol. The molecule has 2 heterocycles. The van der Waals surface area contributed by atoms with Crippen molar-refractivity contribution in [2.75, 3.05) is 0 Å². The molecular weight excluding hydrogens is 176 g/mol. The smallest absolute Gasteiger partial charge is 0.155 e. The lowest BCUT2D eigenvalue weighted by atomic mass is 10.3. The predicted octanol–water partition coefficient (Wildman–Crippen LogP) is 0.610. The zero-order chi connectivity index (χ0) is 7.68. The van der Waals surface area contributed by atoms with E-state index in [9.17, 15) is 0 Å². The lowest BCUT2D eigenvalue weighted by Gasteiger charge is -1.94. The van der Waals surface area contributed by atoms with Crippen LogP contribution in [0.15, 0.2) is 24.7 Å². The minimum absolute atomic E-state index is 0. The van der Waals surface area contributed by atoms with Gasteiger partial charge in [-0.15, -0.1) is 12.4 Å². The number of halogens is 1. The number of nitrogens with two attached hydrogens (primary N) is 1. The van der Waals surface area contributed by atoms with Gasteiger partial charge in [-0.1, -0.05) is 0 Å². The van der Waals surface area contributed by atoms with E-state index in [0.29, 0.717) is 6.54 Å². The predicted molar refractivity (Wildman–Crippen MR) is 48.1 cm³/mol. The largest absolute Gasteiger partial charge is 0.326 e. The van der Waals surface area contributed by atoms with Crippen LogP contribution in [0, 0.1) is 0 Å². The first kappa shape index (κ1) is 8.96. The van der Waals surface area contributed by atoms with Crippen molar-refractivity contribution in [2.45, 2.75) is 6.54 Å². The first-order chi connectivity index (χ1) is 5.40. The fourth-order valence-corrected chi connectivity index (χ4v) is 0.984. The summed E-state index contributed by atoms with van der Waals surface area (Å²) in [5.74, 6) is 0. The van der Waals surface area contributed by atoms with Crippen LogP contribution in [-0.2, 0) is 6.54 Å². The Morgan fingerprint density at radius 3 is 3.08 bits per heavy atom. The molecule has 0 bridgehead atoms. The van der Waals surface area contributed by atoms with Crippen LogP contribution in [0.5, 0.6) is 0 Å². The topological polar surface area (TPSA) is 56.2 Å². The van der Waals surface area contributed by atoms with Crippen molar-refractivity contribution in [3.63, 3.8) is 0 Å². The Labute approximate surface area is 75.8 Å². The van der Waals surface area contributed by atoms with Gasteiger partial charge >= 0.3 is 0 Å². The maximum absolute atomic E-state index is 5.45. The van der Waals surface area contributed by atoms with Crippen molar-refractivity contribution in [3.05, 3.63) is 30.2 Å². The van der Waals surface area contributed by atoms with Crippen molar-refractivity contribution in [2.24, 2.45) is 5.73 Å². The van der Waals surface area contributed by atoms with E-state index in [0.717, 1.165) is 11.2 Å². The number of rotatable bonds is 1. The Kier molecular flexibility index (Phi) is 2.62. The third-order valence-electron chi connectivity index (χ3n) is 1.58. The first-order valence-electron chi connectivity index (χ1n) is 3.38. The van der Waals surface area contributed by atoms with Crippen molar-refractivity contribution >= 4 is 18.1 Å². The zero-order valence-electron chi connectivity index (χ0n) is 6.34. The highest BCUT2D eigenvalue weighted by Gasteiger charge is 1.94. The van der Waals surface area contributed by atoms with E-state index < -0.39 is 0 Å². The minimum atomic E-state index is 0. The molecule has 0 aliphatic rings. The molecule has 12 heavy (non-hydrogen) atoms. The molecule has 0 radical (unpaired) electrons. The Morgan fingerprint density at radius 2 is 2.33 bits per heavy atom. The van der Waals surface area contributed by atoms with Gasteiger partial charge in [0.2, 0.25) is 0 Å². The molecule has 0 spiro atoms. The third-order valence-corrected chi connectivity index (χ3v) is 1.58. The summed E-state index contributed by atoms with van der Waals surface area (Å²) >= 11 is 0. The second-order valence-electron chi connectivity index (χ2n) is 2.30. The summed E-state index contributed by atoms with van der Waals surface area (Å²) in [6, 6.07) is 3.86. The van der Waals surface area contributed by atoms with Crippen LogP contribution < -0.4 is 5.73 Å². The molecule has 0 aliphatic heterocycles. The third kappa shape index (κ3) is 1.39. The van der Waals surface area contributed by atoms with E-state index in [1.165, 1.54) is 6.33 Å². The average Bonchev–Trinajstić information content (AvgIpc) is 2.50. The van der Waals surface area contributed by atoms with Crippen LogP contribution in [0.2, 0.25) is 0 Å². The van der Waals surface area contributed by atoms with Gasteiger partial charge in [0.1, 0.15) is 6.33 Å². The summed E-state index contributed by atoms with van der Waals surface area (Å²) < 4.78 is 1.71. The first-order valence-corrected chi connectivity index (χ1v) is 3.38. The minimum Gasteiger partial charge on any atom is -0.326 e. The van der Waals surface area contributed by atoms with Crippen LogP contribution in [0.25, 0.3) is 5.65 Å². The highest BCUT2D eigenvalue weighted by Crippen LogP contribution is 2.01. The lowest BCUT2D eigenvalue weighted by molar-refractivity contribution is 0.947. The van der Waals surface area contributed by atoms with Crippen LogP contribution in [0.3, 0.4) is 0 Å². The fraction of sp³-hybridized carbons (Fsp3) is 0.143. The number of nitrogens with zero attached hydrogens (tertiary/aromatic N) is 3. The summed E-state index contributed by atoms with van der Waals surface area (Å²) in [5, 5.41) is 3.96. The van der Waals surface area contributed by atoms with Gasteiger partial charge in [-0.25, -0.2) is 9.50 Å². The molecule has 2 N–H and O–H groups in total. The van der Waals surface area contributed by atoms with E-state index in [2.05, 4.69) is 10.1 Å². The number of hydrogen-bond donors (Lipinski definition) is 1. The molecular formula is C7H9ClN4. The molecule has 0 atom stereocenters. The summed E-state index contributed by atoms with van der Waals surface area (Å²) in [4.78, 5) is 4.02. The molecule has 0 aliphatic carbocycles. The molecule has 64 valence electrons. The maximum atomic E-state index is 5.45. The van der Waals surface area contributed by atoms with Gasteiger partial charge in [0.15, 0.2) is 5.65 Å². The molecule has 2 rings (SSSR count). The number of fused-ring (bicyclic) bond motifs is 1. The highest BCUT2D eigenvalue weighted by molar-refractivity contribution is 5.85. The summed E-state index contributed by atoms with van der Waals surface area (Å²) in [7, 11) is 0. The Hall–Kier alpha value is -1.13. The highest BCUT2D eigenvalue weighted by atomic mass is 35.5. The standard InChI is InChI=1S/C7H8N4.ClH/c8-4-6-1-2-11-7(3-6)9-5-10-11;/h1-3,5H,4,8H2;1H. The van der Waals surface area contributed by atoms with Crippen molar-refractivity contribution < 1.29 is 0 Å². The van der Waals surface area contributed by atoms with Gasteiger partial charge in [-0.05, 0) is 17.7 Å². The second kappa shape index (κ2) is 3.51. The Morgan fingerprint density at radius 1 is 1.50 bits per heavy atom. The molecule has 0 aromatic carbocycles. The van der Waals surface area contributed by atoms with E-state index in [4.69, 9.17) is 5.73 Å². The zero-order valence-corrected chi connectivity index (χ0v) is 7.16. The number of pyridine rings is 1.